The maximum absolute atomic E-state index is 11.2. The summed E-state index contributed by atoms with van der Waals surface area (Å²) in [5, 5.41) is 0. The summed E-state index contributed by atoms with van der Waals surface area (Å²) in [5.41, 5.74) is 0.916. The normalized spacial score (nSPS) is 12.4. The van der Waals surface area contributed by atoms with Crippen LogP contribution in [0.25, 0.3) is 0 Å². The molecule has 0 aliphatic rings. The van der Waals surface area contributed by atoms with Gasteiger partial charge in [-0.05, 0) is 104 Å². The van der Waals surface area contributed by atoms with Gasteiger partial charge in [0.1, 0.15) is 0 Å². The summed E-state index contributed by atoms with van der Waals surface area (Å²) in [6.45, 7) is 33.5. The van der Waals surface area contributed by atoms with Crippen LogP contribution in [0.4, 0.5) is 0 Å². The minimum Gasteiger partial charge on any atom is -0.462 e. The van der Waals surface area contributed by atoms with Crippen molar-refractivity contribution < 1.29 is 27.3 Å². The Morgan fingerprint density at radius 1 is 0.588 bits per heavy atom. The first-order valence-electron chi connectivity index (χ1n) is 12.1. The van der Waals surface area contributed by atoms with Crippen molar-refractivity contribution in [1.82, 2.24) is 0 Å². The fraction of sp³-hybridized carbons (Fsp3) is 0.750. The number of ether oxygens (including phenoxy) is 2. The molecule has 200 valence electrons. The van der Waals surface area contributed by atoms with Crippen LogP contribution in [0.2, 0.25) is 77.6 Å². The number of carbonyl (C=O) groups excluding carboxylic acids is 2. The van der Waals surface area contributed by atoms with E-state index in [0.29, 0.717) is 24.4 Å². The number of rotatable bonds is 14. The van der Waals surface area contributed by atoms with Gasteiger partial charge in [-0.3, -0.25) is 0 Å². The molecule has 0 aliphatic carbocycles. The molecule has 0 heterocycles. The molecule has 0 fully saturated rings. The van der Waals surface area contributed by atoms with Gasteiger partial charge < -0.3 is 17.7 Å². The number of hydrogen-bond donors (Lipinski definition) is 0. The van der Waals surface area contributed by atoms with Crippen LogP contribution in [-0.2, 0) is 27.3 Å². The highest BCUT2D eigenvalue weighted by molar-refractivity contribution is 6.84. The first kappa shape index (κ1) is 35.4. The molecule has 0 radical (unpaired) electrons. The summed E-state index contributed by atoms with van der Waals surface area (Å²) >= 11 is 0. The molecule has 0 rings (SSSR count). The summed E-state index contributed by atoms with van der Waals surface area (Å²) in [5.74, 6) is -0.592. The second-order valence-corrected chi connectivity index (χ2v) is 30.1. The standard InChI is InChI=1S/2C12H26O3Si2/c2*1-11(2)12(13)14-9-8-10-17(6,7)15-16(3,4)5/h2*1,8-10H2,2-7H3. The number of carbonyl (C=O) groups is 2. The van der Waals surface area contributed by atoms with Gasteiger partial charge in [0.15, 0.2) is 33.3 Å². The third kappa shape index (κ3) is 23.0. The van der Waals surface area contributed by atoms with Crippen LogP contribution in [0.3, 0.4) is 0 Å². The van der Waals surface area contributed by atoms with Crippen molar-refractivity contribution in [2.24, 2.45) is 0 Å². The fourth-order valence-electron chi connectivity index (χ4n) is 3.33. The number of hydrogen-bond acceptors (Lipinski definition) is 6. The van der Waals surface area contributed by atoms with Crippen molar-refractivity contribution in [1.29, 1.82) is 0 Å². The van der Waals surface area contributed by atoms with Gasteiger partial charge in [0, 0.05) is 11.1 Å². The Kier molecular flexibility index (Phi) is 16.0. The van der Waals surface area contributed by atoms with E-state index >= 15 is 0 Å². The zero-order valence-electron chi connectivity index (χ0n) is 24.1. The Bertz CT molecular complexity index is 618. The van der Waals surface area contributed by atoms with Crippen LogP contribution in [0.5, 0.6) is 0 Å². The lowest BCUT2D eigenvalue weighted by molar-refractivity contribution is -0.139. The third-order valence-corrected chi connectivity index (χ3v) is 16.6. The lowest BCUT2D eigenvalue weighted by Gasteiger charge is -2.31. The van der Waals surface area contributed by atoms with Crippen molar-refractivity contribution in [3.63, 3.8) is 0 Å². The van der Waals surface area contributed by atoms with Crippen LogP contribution in [0.15, 0.2) is 24.3 Å². The Hall–Kier alpha value is -0.792. The Morgan fingerprint density at radius 2 is 0.853 bits per heavy atom. The largest absolute Gasteiger partial charge is 0.462 e. The van der Waals surface area contributed by atoms with E-state index in [-0.39, 0.29) is 11.9 Å². The second-order valence-electron chi connectivity index (χ2n) is 12.0. The summed E-state index contributed by atoms with van der Waals surface area (Å²) in [6.07, 6.45) is 1.76. The molecule has 0 aromatic heterocycles. The van der Waals surface area contributed by atoms with Gasteiger partial charge in [-0.2, -0.15) is 0 Å². The van der Waals surface area contributed by atoms with Gasteiger partial charge in [0.25, 0.3) is 0 Å². The molecule has 0 bridgehead atoms. The predicted molar refractivity (Wildman–Crippen MR) is 154 cm³/mol. The van der Waals surface area contributed by atoms with E-state index in [2.05, 4.69) is 78.6 Å². The molecule has 0 spiro atoms. The molecule has 0 atom stereocenters. The van der Waals surface area contributed by atoms with Crippen LogP contribution in [0, 0.1) is 0 Å². The van der Waals surface area contributed by atoms with E-state index in [1.165, 1.54) is 0 Å². The van der Waals surface area contributed by atoms with Gasteiger partial charge in [-0.25, -0.2) is 9.59 Å². The monoisotopic (exact) mass is 548 g/mol. The summed E-state index contributed by atoms with van der Waals surface area (Å²) in [7, 11) is -6.09. The summed E-state index contributed by atoms with van der Waals surface area (Å²) in [6, 6.07) is 2.06. The molecule has 10 heteroatoms. The van der Waals surface area contributed by atoms with Crippen molar-refractivity contribution in [2.45, 2.75) is 104 Å². The topological polar surface area (TPSA) is 71.1 Å². The molecular weight excluding hydrogens is 497 g/mol. The van der Waals surface area contributed by atoms with E-state index < -0.39 is 33.3 Å². The SMILES string of the molecule is C=C(C)C(=O)OCCC[Si](C)(C)O[Si](C)(C)C.C=C(C)C(=O)OCCC[Si](C)(C)O[Si](C)(C)C. The van der Waals surface area contributed by atoms with Crippen molar-refractivity contribution in [2.75, 3.05) is 13.2 Å². The third-order valence-electron chi connectivity index (χ3n) is 4.17. The van der Waals surface area contributed by atoms with Crippen molar-refractivity contribution >= 4 is 45.2 Å². The smallest absolute Gasteiger partial charge is 0.333 e. The summed E-state index contributed by atoms with van der Waals surface area (Å²) < 4.78 is 22.5. The van der Waals surface area contributed by atoms with Gasteiger partial charge in [-0.1, -0.05) is 13.2 Å². The summed E-state index contributed by atoms with van der Waals surface area (Å²) in [4.78, 5) is 22.3. The molecule has 0 aliphatic heterocycles. The maximum Gasteiger partial charge on any atom is 0.333 e. The van der Waals surface area contributed by atoms with Gasteiger partial charge in [0.05, 0.1) is 13.2 Å². The van der Waals surface area contributed by atoms with Gasteiger partial charge in [0.2, 0.25) is 0 Å². The fourth-order valence-corrected chi connectivity index (χ4v) is 19.4. The van der Waals surface area contributed by atoms with Gasteiger partial charge in [-0.15, -0.1) is 0 Å². The van der Waals surface area contributed by atoms with Crippen LogP contribution in [0.1, 0.15) is 26.7 Å². The molecule has 0 saturated carbocycles. The molecule has 0 saturated heterocycles. The minimum absolute atomic E-state index is 0.296. The Morgan fingerprint density at radius 3 is 1.06 bits per heavy atom. The first-order chi connectivity index (χ1) is 15.1. The van der Waals surface area contributed by atoms with Gasteiger partial charge >= 0.3 is 11.9 Å². The van der Waals surface area contributed by atoms with Crippen LogP contribution >= 0.6 is 0 Å². The lowest BCUT2D eigenvalue weighted by Crippen LogP contribution is -2.42. The first-order valence-corrected chi connectivity index (χ1v) is 25.2. The highest BCUT2D eigenvalue weighted by atomic mass is 28.4. The van der Waals surface area contributed by atoms with E-state index in [0.717, 1.165) is 24.9 Å². The molecule has 0 unspecified atom stereocenters. The lowest BCUT2D eigenvalue weighted by atomic mass is 10.4. The molecule has 0 aromatic carbocycles. The highest BCUT2D eigenvalue weighted by Gasteiger charge is 2.30. The van der Waals surface area contributed by atoms with Crippen LogP contribution < -0.4 is 0 Å². The Labute approximate surface area is 214 Å². The van der Waals surface area contributed by atoms with E-state index in [4.69, 9.17) is 17.7 Å². The van der Waals surface area contributed by atoms with E-state index in [1.807, 2.05) is 0 Å². The quantitative estimate of drug-likeness (QED) is 0.0997. The zero-order chi connectivity index (χ0) is 27.4. The average molecular weight is 549 g/mol. The minimum atomic E-state index is -1.59. The highest BCUT2D eigenvalue weighted by Crippen LogP contribution is 2.20. The van der Waals surface area contributed by atoms with Crippen molar-refractivity contribution in [3.8, 4) is 0 Å². The second kappa shape index (κ2) is 15.3. The molecule has 6 nitrogen and oxygen atoms in total. The molecule has 0 amide bonds. The maximum atomic E-state index is 11.2. The van der Waals surface area contributed by atoms with Crippen LogP contribution in [-0.4, -0.2) is 58.4 Å². The molecule has 0 aromatic rings. The van der Waals surface area contributed by atoms with E-state index in [1.54, 1.807) is 13.8 Å². The Balaban J connectivity index is 0. The van der Waals surface area contributed by atoms with E-state index in [9.17, 15) is 9.59 Å². The molecular formula is C24H52O6Si4. The number of esters is 2. The molecule has 34 heavy (non-hydrogen) atoms. The zero-order valence-corrected chi connectivity index (χ0v) is 28.1. The predicted octanol–water partition coefficient (Wildman–Crippen LogP) is 7.10. The average Bonchev–Trinajstić information content (AvgIpc) is 2.58. The van der Waals surface area contributed by atoms with Crippen molar-refractivity contribution in [3.05, 3.63) is 24.3 Å². The molecule has 0 N–H and O–H groups in total.